The van der Waals surface area contributed by atoms with Gasteiger partial charge in [-0.1, -0.05) is 29.5 Å². The van der Waals surface area contributed by atoms with Crippen molar-refractivity contribution in [1.82, 2.24) is 4.98 Å². The van der Waals surface area contributed by atoms with Gasteiger partial charge in [-0.25, -0.2) is 4.98 Å². The van der Waals surface area contributed by atoms with E-state index < -0.39 is 0 Å². The van der Waals surface area contributed by atoms with Crippen LogP contribution in [0.25, 0.3) is 16.3 Å². The van der Waals surface area contributed by atoms with Gasteiger partial charge in [0.2, 0.25) is 5.13 Å². The number of para-hydroxylation sites is 1. The van der Waals surface area contributed by atoms with E-state index in [-0.39, 0.29) is 5.91 Å². The standard InChI is InChI=1S/C20H17N3O3S/c1-12-14(10-13-8-9-16(25-2)17(11-13)26-3)19(24)23(22-12)20-21-15-6-4-5-7-18(15)27-20/h4-11H,1-3H3/b14-10+. The van der Waals surface area contributed by atoms with Crippen LogP contribution >= 0.6 is 11.3 Å². The largest absolute Gasteiger partial charge is 0.493 e. The van der Waals surface area contributed by atoms with Crippen LogP contribution in [0.15, 0.2) is 53.1 Å². The second-order valence-electron chi connectivity index (χ2n) is 5.94. The maximum absolute atomic E-state index is 12.9. The summed E-state index contributed by atoms with van der Waals surface area (Å²) in [5, 5.41) is 6.35. The zero-order valence-electron chi connectivity index (χ0n) is 15.1. The molecule has 0 spiro atoms. The Kier molecular flexibility index (Phi) is 4.37. The molecule has 2 heterocycles. The molecule has 136 valence electrons. The summed E-state index contributed by atoms with van der Waals surface area (Å²) in [5.41, 5.74) is 2.86. The van der Waals surface area contributed by atoms with Gasteiger partial charge in [0.1, 0.15) is 0 Å². The average Bonchev–Trinajstić information content (AvgIpc) is 3.23. The minimum Gasteiger partial charge on any atom is -0.493 e. The number of benzene rings is 2. The van der Waals surface area contributed by atoms with Crippen LogP contribution in [0.1, 0.15) is 12.5 Å². The first kappa shape index (κ1) is 17.2. The minimum atomic E-state index is -0.193. The molecule has 0 radical (unpaired) electrons. The highest BCUT2D eigenvalue weighted by Crippen LogP contribution is 2.33. The van der Waals surface area contributed by atoms with Crippen molar-refractivity contribution in [3.05, 3.63) is 53.6 Å². The highest BCUT2D eigenvalue weighted by Gasteiger charge is 2.30. The molecule has 1 amide bonds. The van der Waals surface area contributed by atoms with Crippen molar-refractivity contribution in [3.63, 3.8) is 0 Å². The van der Waals surface area contributed by atoms with Crippen molar-refractivity contribution < 1.29 is 14.3 Å². The fraction of sp³-hybridized carbons (Fsp3) is 0.150. The quantitative estimate of drug-likeness (QED) is 0.640. The zero-order valence-corrected chi connectivity index (χ0v) is 15.9. The monoisotopic (exact) mass is 379 g/mol. The molecule has 2 aromatic carbocycles. The smallest absolute Gasteiger partial charge is 0.282 e. The lowest BCUT2D eigenvalue weighted by atomic mass is 10.1. The Bertz CT molecular complexity index is 1070. The number of hydrazone groups is 1. The zero-order chi connectivity index (χ0) is 19.0. The van der Waals surface area contributed by atoms with Crippen LogP contribution in [0.2, 0.25) is 0 Å². The highest BCUT2D eigenvalue weighted by atomic mass is 32.1. The maximum Gasteiger partial charge on any atom is 0.282 e. The van der Waals surface area contributed by atoms with Crippen molar-refractivity contribution in [3.8, 4) is 11.5 Å². The van der Waals surface area contributed by atoms with E-state index in [2.05, 4.69) is 10.1 Å². The fourth-order valence-electron chi connectivity index (χ4n) is 2.87. The number of anilines is 1. The Hall–Kier alpha value is -3.19. The molecule has 0 aliphatic carbocycles. The van der Waals surface area contributed by atoms with Gasteiger partial charge < -0.3 is 9.47 Å². The van der Waals surface area contributed by atoms with Crippen LogP contribution in [0.5, 0.6) is 11.5 Å². The Morgan fingerprint density at radius 3 is 2.59 bits per heavy atom. The summed E-state index contributed by atoms with van der Waals surface area (Å²) in [5.74, 6) is 1.05. The molecule has 0 saturated carbocycles. The maximum atomic E-state index is 12.9. The number of fused-ring (bicyclic) bond motifs is 1. The van der Waals surface area contributed by atoms with Gasteiger partial charge >= 0.3 is 0 Å². The molecule has 0 unspecified atom stereocenters. The minimum absolute atomic E-state index is 0.193. The van der Waals surface area contributed by atoms with E-state index in [1.165, 1.54) is 16.3 Å². The summed E-state index contributed by atoms with van der Waals surface area (Å²) in [6.07, 6.45) is 1.80. The van der Waals surface area contributed by atoms with Gasteiger partial charge in [0.05, 0.1) is 35.7 Å². The van der Waals surface area contributed by atoms with Gasteiger partial charge in [0.15, 0.2) is 11.5 Å². The van der Waals surface area contributed by atoms with Crippen LogP contribution in [0, 0.1) is 0 Å². The number of hydrogen-bond donors (Lipinski definition) is 0. The van der Waals surface area contributed by atoms with E-state index in [1.54, 1.807) is 20.3 Å². The summed E-state index contributed by atoms with van der Waals surface area (Å²) in [6, 6.07) is 13.3. The number of amides is 1. The molecule has 0 N–H and O–H groups in total. The number of carbonyl (C=O) groups is 1. The third kappa shape index (κ3) is 3.06. The number of carbonyl (C=O) groups excluding carboxylic acids is 1. The molecule has 0 saturated heterocycles. The Morgan fingerprint density at radius 1 is 1.07 bits per heavy atom. The average molecular weight is 379 g/mol. The van der Waals surface area contributed by atoms with Gasteiger partial charge in [-0.3, -0.25) is 4.79 Å². The summed E-state index contributed by atoms with van der Waals surface area (Å²) in [6.45, 7) is 1.82. The first-order valence-electron chi connectivity index (χ1n) is 8.30. The summed E-state index contributed by atoms with van der Waals surface area (Å²) in [4.78, 5) is 17.5. The van der Waals surface area contributed by atoms with E-state index in [9.17, 15) is 4.79 Å². The first-order chi connectivity index (χ1) is 13.1. The Morgan fingerprint density at radius 2 is 1.85 bits per heavy atom. The predicted octanol–water partition coefficient (Wildman–Crippen LogP) is 4.12. The third-order valence-corrected chi connectivity index (χ3v) is 5.26. The summed E-state index contributed by atoms with van der Waals surface area (Å²) >= 11 is 1.44. The molecule has 4 rings (SSSR count). The van der Waals surface area contributed by atoms with E-state index >= 15 is 0 Å². The van der Waals surface area contributed by atoms with Gasteiger partial charge in [-0.2, -0.15) is 10.1 Å². The number of rotatable bonds is 4. The normalized spacial score (nSPS) is 15.5. The number of nitrogens with zero attached hydrogens (tertiary/aromatic N) is 3. The third-order valence-electron chi connectivity index (χ3n) is 4.24. The topological polar surface area (TPSA) is 64.0 Å². The Balaban J connectivity index is 1.68. The van der Waals surface area contributed by atoms with E-state index in [0.29, 0.717) is 27.9 Å². The molecule has 7 heteroatoms. The number of aromatic nitrogens is 1. The molecule has 1 aliphatic heterocycles. The van der Waals surface area contributed by atoms with Crippen molar-refractivity contribution in [2.24, 2.45) is 5.10 Å². The van der Waals surface area contributed by atoms with Gasteiger partial charge in [0, 0.05) is 0 Å². The second-order valence-corrected chi connectivity index (χ2v) is 6.95. The molecule has 0 bridgehead atoms. The highest BCUT2D eigenvalue weighted by molar-refractivity contribution is 7.22. The number of ether oxygens (including phenoxy) is 2. The predicted molar refractivity (Wildman–Crippen MR) is 108 cm³/mol. The first-order valence-corrected chi connectivity index (χ1v) is 9.11. The SMILES string of the molecule is COc1ccc(/C=C2/C(=O)N(c3nc4ccccc4s3)N=C2C)cc1OC. The lowest BCUT2D eigenvalue weighted by Gasteiger charge is -2.08. The molecule has 0 atom stereocenters. The summed E-state index contributed by atoms with van der Waals surface area (Å²) < 4.78 is 11.6. The second kappa shape index (κ2) is 6.85. The van der Waals surface area contributed by atoms with E-state index in [0.717, 1.165) is 15.8 Å². The van der Waals surface area contributed by atoms with Crippen LogP contribution in [-0.2, 0) is 4.79 Å². The molecule has 1 aliphatic rings. The van der Waals surface area contributed by atoms with Gasteiger partial charge in [-0.05, 0) is 42.8 Å². The van der Waals surface area contributed by atoms with E-state index in [4.69, 9.17) is 9.47 Å². The van der Waals surface area contributed by atoms with Crippen molar-refractivity contribution in [1.29, 1.82) is 0 Å². The Labute approximate surface area is 160 Å². The fourth-order valence-corrected chi connectivity index (χ4v) is 3.79. The van der Waals surface area contributed by atoms with Crippen LogP contribution in [0.3, 0.4) is 0 Å². The molecular weight excluding hydrogens is 362 g/mol. The lowest BCUT2D eigenvalue weighted by Crippen LogP contribution is -2.21. The number of thiazole rings is 1. The van der Waals surface area contributed by atoms with Gasteiger partial charge in [-0.15, -0.1) is 0 Å². The molecule has 6 nitrogen and oxygen atoms in total. The molecule has 3 aromatic rings. The number of methoxy groups -OCH3 is 2. The molecule has 1 aromatic heterocycles. The lowest BCUT2D eigenvalue weighted by molar-refractivity contribution is -0.114. The van der Waals surface area contributed by atoms with Gasteiger partial charge in [0.25, 0.3) is 5.91 Å². The molecule has 0 fully saturated rings. The number of hydrogen-bond acceptors (Lipinski definition) is 6. The van der Waals surface area contributed by atoms with Crippen LogP contribution in [0.4, 0.5) is 5.13 Å². The molecule has 27 heavy (non-hydrogen) atoms. The van der Waals surface area contributed by atoms with Crippen molar-refractivity contribution in [2.45, 2.75) is 6.92 Å². The van der Waals surface area contributed by atoms with Crippen molar-refractivity contribution >= 4 is 44.4 Å². The summed E-state index contributed by atoms with van der Waals surface area (Å²) in [7, 11) is 3.17. The van der Waals surface area contributed by atoms with Crippen LogP contribution < -0.4 is 14.5 Å². The van der Waals surface area contributed by atoms with Crippen molar-refractivity contribution in [2.75, 3.05) is 19.2 Å². The molecular formula is C20H17N3O3S. The van der Waals surface area contributed by atoms with E-state index in [1.807, 2.05) is 49.4 Å². The van der Waals surface area contributed by atoms with Crippen LogP contribution in [-0.4, -0.2) is 30.8 Å².